The Bertz CT molecular complexity index is 309. The number of esters is 1. The lowest BCUT2D eigenvalue weighted by Gasteiger charge is -2.36. The maximum absolute atomic E-state index is 11.2. The van der Waals surface area contributed by atoms with Gasteiger partial charge in [0.05, 0.1) is 24.9 Å². The Balaban J connectivity index is 2.18. The normalized spacial score (nSPS) is 30.9. The van der Waals surface area contributed by atoms with Crippen molar-refractivity contribution in [2.75, 3.05) is 6.61 Å². The molecule has 2 unspecified atom stereocenters. The highest BCUT2D eigenvalue weighted by Gasteiger charge is 2.35. The minimum absolute atomic E-state index is 0.0747. The van der Waals surface area contributed by atoms with E-state index >= 15 is 0 Å². The minimum Gasteiger partial charge on any atom is -0.466 e. The van der Waals surface area contributed by atoms with E-state index in [9.17, 15) is 15.0 Å². The average Bonchev–Trinajstić information content (AvgIpc) is 2.41. The summed E-state index contributed by atoms with van der Waals surface area (Å²) < 4.78 is 16.0. The summed E-state index contributed by atoms with van der Waals surface area (Å²) >= 11 is 0. The highest BCUT2D eigenvalue weighted by atomic mass is 16.7. The lowest BCUT2D eigenvalue weighted by atomic mass is 10.0. The van der Waals surface area contributed by atoms with Crippen LogP contribution < -0.4 is 0 Å². The average molecular weight is 304 g/mol. The third-order valence-corrected chi connectivity index (χ3v) is 3.60. The van der Waals surface area contributed by atoms with Gasteiger partial charge in [-0.15, -0.1) is 0 Å². The van der Waals surface area contributed by atoms with Crippen molar-refractivity contribution in [2.24, 2.45) is 0 Å². The number of unbranched alkanes of at least 4 members (excludes halogenated alkanes) is 1. The van der Waals surface area contributed by atoms with E-state index in [0.717, 1.165) is 19.3 Å². The van der Waals surface area contributed by atoms with Gasteiger partial charge in [-0.3, -0.25) is 4.79 Å². The molecule has 21 heavy (non-hydrogen) atoms. The third kappa shape index (κ3) is 6.74. The van der Waals surface area contributed by atoms with Crippen LogP contribution in [0.4, 0.5) is 0 Å². The summed E-state index contributed by atoms with van der Waals surface area (Å²) in [6.07, 6.45) is 0.512. The Kier molecular flexibility index (Phi) is 8.18. The maximum Gasteiger partial charge on any atom is 0.305 e. The van der Waals surface area contributed by atoms with Crippen molar-refractivity contribution in [3.05, 3.63) is 0 Å². The summed E-state index contributed by atoms with van der Waals surface area (Å²) in [5, 5.41) is 19.4. The van der Waals surface area contributed by atoms with E-state index in [1.54, 1.807) is 13.8 Å². The Morgan fingerprint density at radius 3 is 2.71 bits per heavy atom. The van der Waals surface area contributed by atoms with Crippen LogP contribution in [0.2, 0.25) is 0 Å². The Morgan fingerprint density at radius 2 is 2.05 bits per heavy atom. The van der Waals surface area contributed by atoms with E-state index in [1.165, 1.54) is 0 Å². The van der Waals surface area contributed by atoms with Gasteiger partial charge in [0.1, 0.15) is 6.10 Å². The van der Waals surface area contributed by atoms with Crippen molar-refractivity contribution in [1.29, 1.82) is 0 Å². The van der Waals surface area contributed by atoms with Crippen LogP contribution in [0.5, 0.6) is 0 Å². The molecule has 6 nitrogen and oxygen atoms in total. The van der Waals surface area contributed by atoms with E-state index in [1.807, 2.05) is 6.92 Å². The number of ether oxygens (including phenoxy) is 3. The fourth-order valence-electron chi connectivity index (χ4n) is 2.30. The number of carbonyl (C=O) groups excluding carboxylic acids is 1. The van der Waals surface area contributed by atoms with Gasteiger partial charge in [-0.2, -0.15) is 0 Å². The topological polar surface area (TPSA) is 85.2 Å². The molecule has 0 saturated carbocycles. The van der Waals surface area contributed by atoms with Crippen LogP contribution in [0.3, 0.4) is 0 Å². The van der Waals surface area contributed by atoms with Gasteiger partial charge in [-0.1, -0.05) is 6.42 Å². The largest absolute Gasteiger partial charge is 0.466 e. The van der Waals surface area contributed by atoms with Crippen LogP contribution in [0.15, 0.2) is 0 Å². The number of aliphatic hydroxyl groups excluding tert-OH is 2. The Labute approximate surface area is 126 Å². The van der Waals surface area contributed by atoms with E-state index < -0.39 is 18.5 Å². The molecule has 0 aromatic rings. The standard InChI is InChI=1S/C15H28O6/c1-4-19-14(18)8-6-5-7-10(2)20-15-13(17)9-12(16)11(3)21-15/h10-13,15-17H,4-9H2,1-3H3/t10-,11+,12?,13-,15?/m1/s1. The predicted octanol–water partition coefficient (Wildman–Crippen LogP) is 1.37. The number of hydrogen-bond acceptors (Lipinski definition) is 6. The molecule has 2 N–H and O–H groups in total. The first-order chi connectivity index (χ1) is 9.93. The molecular formula is C15H28O6. The lowest BCUT2D eigenvalue weighted by Crippen LogP contribution is -2.48. The van der Waals surface area contributed by atoms with Crippen molar-refractivity contribution in [3.8, 4) is 0 Å². The molecule has 0 aromatic carbocycles. The van der Waals surface area contributed by atoms with Crippen molar-refractivity contribution in [3.63, 3.8) is 0 Å². The van der Waals surface area contributed by atoms with Crippen LogP contribution in [-0.4, -0.2) is 53.5 Å². The summed E-state index contributed by atoms with van der Waals surface area (Å²) in [5.74, 6) is -0.167. The molecule has 1 aliphatic heterocycles. The van der Waals surface area contributed by atoms with Crippen LogP contribution >= 0.6 is 0 Å². The predicted molar refractivity (Wildman–Crippen MR) is 76.6 cm³/mol. The lowest BCUT2D eigenvalue weighted by molar-refractivity contribution is -0.273. The second-order valence-electron chi connectivity index (χ2n) is 5.58. The third-order valence-electron chi connectivity index (χ3n) is 3.60. The van der Waals surface area contributed by atoms with Crippen molar-refractivity contribution in [2.45, 2.75) is 83.6 Å². The van der Waals surface area contributed by atoms with Gasteiger partial charge in [0.15, 0.2) is 6.29 Å². The summed E-state index contributed by atoms with van der Waals surface area (Å²) in [7, 11) is 0. The second kappa shape index (κ2) is 9.35. The molecule has 1 saturated heterocycles. The summed E-state index contributed by atoms with van der Waals surface area (Å²) in [6, 6.07) is 0. The first kappa shape index (κ1) is 18.4. The number of aliphatic hydroxyl groups is 2. The Morgan fingerprint density at radius 1 is 1.33 bits per heavy atom. The number of rotatable bonds is 8. The molecule has 0 radical (unpaired) electrons. The van der Waals surface area contributed by atoms with Gasteiger partial charge in [-0.25, -0.2) is 0 Å². The molecule has 1 fully saturated rings. The Hall–Kier alpha value is -0.690. The van der Waals surface area contributed by atoms with E-state index in [0.29, 0.717) is 13.0 Å². The number of hydrogen-bond donors (Lipinski definition) is 2. The van der Waals surface area contributed by atoms with Crippen LogP contribution in [0.1, 0.15) is 52.9 Å². The molecule has 0 aliphatic carbocycles. The van der Waals surface area contributed by atoms with Crippen molar-refractivity contribution >= 4 is 5.97 Å². The zero-order valence-electron chi connectivity index (χ0n) is 13.2. The molecule has 0 spiro atoms. The van der Waals surface area contributed by atoms with Gasteiger partial charge < -0.3 is 24.4 Å². The molecule has 0 aromatic heterocycles. The molecular weight excluding hydrogens is 276 g/mol. The molecule has 0 bridgehead atoms. The van der Waals surface area contributed by atoms with Gasteiger partial charge in [-0.05, 0) is 33.6 Å². The fourth-order valence-corrected chi connectivity index (χ4v) is 2.30. The van der Waals surface area contributed by atoms with Gasteiger partial charge in [0, 0.05) is 12.8 Å². The highest BCUT2D eigenvalue weighted by Crippen LogP contribution is 2.23. The molecule has 5 atom stereocenters. The van der Waals surface area contributed by atoms with E-state index in [-0.39, 0.29) is 24.6 Å². The van der Waals surface area contributed by atoms with Crippen LogP contribution in [0.25, 0.3) is 0 Å². The molecule has 0 amide bonds. The first-order valence-electron chi connectivity index (χ1n) is 7.76. The summed E-state index contributed by atoms with van der Waals surface area (Å²) in [4.78, 5) is 11.2. The number of carbonyl (C=O) groups is 1. The SMILES string of the molecule is CCOC(=O)CCCC[C@@H](C)OC1O[C@@H](C)C(O)C[C@H]1O. The molecule has 1 heterocycles. The summed E-state index contributed by atoms with van der Waals surface area (Å²) in [5.41, 5.74) is 0. The molecule has 1 aliphatic rings. The quantitative estimate of drug-likeness (QED) is 0.520. The van der Waals surface area contributed by atoms with E-state index in [2.05, 4.69) is 0 Å². The van der Waals surface area contributed by atoms with Gasteiger partial charge in [0.25, 0.3) is 0 Å². The van der Waals surface area contributed by atoms with Crippen molar-refractivity contribution in [1.82, 2.24) is 0 Å². The zero-order valence-corrected chi connectivity index (χ0v) is 13.2. The smallest absolute Gasteiger partial charge is 0.305 e. The second-order valence-corrected chi connectivity index (χ2v) is 5.58. The minimum atomic E-state index is -0.807. The fraction of sp³-hybridized carbons (Fsp3) is 0.933. The molecule has 6 heteroatoms. The molecule has 1 rings (SSSR count). The molecule has 124 valence electrons. The highest BCUT2D eigenvalue weighted by molar-refractivity contribution is 5.69. The monoisotopic (exact) mass is 304 g/mol. The van der Waals surface area contributed by atoms with E-state index in [4.69, 9.17) is 14.2 Å². The zero-order chi connectivity index (χ0) is 15.8. The maximum atomic E-state index is 11.2. The summed E-state index contributed by atoms with van der Waals surface area (Å²) in [6.45, 7) is 5.88. The van der Waals surface area contributed by atoms with Crippen LogP contribution in [-0.2, 0) is 19.0 Å². The van der Waals surface area contributed by atoms with Gasteiger partial charge in [0.2, 0.25) is 0 Å². The van der Waals surface area contributed by atoms with Gasteiger partial charge >= 0.3 is 5.97 Å². The van der Waals surface area contributed by atoms with Crippen LogP contribution in [0, 0.1) is 0 Å². The van der Waals surface area contributed by atoms with Crippen molar-refractivity contribution < 1.29 is 29.2 Å². The first-order valence-corrected chi connectivity index (χ1v) is 7.76.